The van der Waals surface area contributed by atoms with Crippen LogP contribution in [0.2, 0.25) is 0 Å². The van der Waals surface area contributed by atoms with E-state index in [1.54, 1.807) is 54.6 Å². The smallest absolute Gasteiger partial charge is 0.251 e. The molecule has 0 bridgehead atoms. The van der Waals surface area contributed by atoms with Gasteiger partial charge in [0.2, 0.25) is 0 Å². The van der Waals surface area contributed by atoms with Crippen molar-refractivity contribution in [1.29, 1.82) is 0 Å². The molecule has 27 heavy (non-hydrogen) atoms. The Kier molecular flexibility index (Phi) is 6.78. The Balaban J connectivity index is 2.18. The van der Waals surface area contributed by atoms with Crippen molar-refractivity contribution >= 4 is 15.7 Å². The zero-order valence-corrected chi connectivity index (χ0v) is 16.9. The van der Waals surface area contributed by atoms with Crippen molar-refractivity contribution in [3.8, 4) is 0 Å². The fourth-order valence-electron chi connectivity index (χ4n) is 3.17. The van der Waals surface area contributed by atoms with Gasteiger partial charge in [-0.25, -0.2) is 8.42 Å². The van der Waals surface area contributed by atoms with Gasteiger partial charge in [0.1, 0.15) is 0 Å². The average Bonchev–Trinajstić information content (AvgIpc) is 2.61. The Bertz CT molecular complexity index is 879. The van der Waals surface area contributed by atoms with Crippen molar-refractivity contribution in [2.24, 2.45) is 11.7 Å². The molecule has 146 valence electrons. The first-order valence-electron chi connectivity index (χ1n) is 9.04. The van der Waals surface area contributed by atoms with Gasteiger partial charge in [-0.1, -0.05) is 44.2 Å². The van der Waals surface area contributed by atoms with Crippen LogP contribution in [0.4, 0.5) is 0 Å². The lowest BCUT2D eigenvalue weighted by Gasteiger charge is -2.31. The number of nitrogens with one attached hydrogen (secondary N) is 1. The standard InChI is InChI=1S/C21H28N2O3S/c1-16(2)13-21(3,15-22)23-20(24)18-9-7-8-17(12-18)14-27(25,26)19-10-5-4-6-11-19/h4-12,16H,13-15,22H2,1-3H3,(H,23,24). The number of hydrogen-bond donors (Lipinski definition) is 2. The molecule has 2 rings (SSSR count). The average molecular weight is 389 g/mol. The van der Waals surface area contributed by atoms with Crippen LogP contribution in [0.5, 0.6) is 0 Å². The number of hydrogen-bond acceptors (Lipinski definition) is 4. The van der Waals surface area contributed by atoms with Gasteiger partial charge in [-0.3, -0.25) is 4.79 Å². The van der Waals surface area contributed by atoms with E-state index in [0.717, 1.165) is 6.42 Å². The summed E-state index contributed by atoms with van der Waals surface area (Å²) in [4.78, 5) is 12.9. The lowest BCUT2D eigenvalue weighted by atomic mass is 9.90. The first-order valence-corrected chi connectivity index (χ1v) is 10.7. The molecule has 0 aromatic heterocycles. The zero-order valence-electron chi connectivity index (χ0n) is 16.1. The van der Waals surface area contributed by atoms with Gasteiger partial charge >= 0.3 is 0 Å². The molecule has 0 saturated carbocycles. The molecule has 0 heterocycles. The Hall–Kier alpha value is -2.18. The second-order valence-electron chi connectivity index (χ2n) is 7.59. The molecular weight excluding hydrogens is 360 g/mol. The third-order valence-electron chi connectivity index (χ3n) is 4.37. The molecule has 0 saturated heterocycles. The SMILES string of the molecule is CC(C)CC(C)(CN)NC(=O)c1cccc(CS(=O)(=O)c2ccccc2)c1. The molecule has 0 aliphatic carbocycles. The quantitative estimate of drug-likeness (QED) is 0.727. The fraction of sp³-hybridized carbons (Fsp3) is 0.381. The minimum absolute atomic E-state index is 0.154. The first-order chi connectivity index (χ1) is 12.6. The summed E-state index contributed by atoms with van der Waals surface area (Å²) in [7, 11) is -3.46. The summed E-state index contributed by atoms with van der Waals surface area (Å²) in [5.41, 5.74) is 6.37. The molecular formula is C21H28N2O3S. The Morgan fingerprint density at radius 2 is 1.78 bits per heavy atom. The fourth-order valence-corrected chi connectivity index (χ4v) is 4.52. The second-order valence-corrected chi connectivity index (χ2v) is 9.58. The summed E-state index contributed by atoms with van der Waals surface area (Å²) >= 11 is 0. The van der Waals surface area contributed by atoms with Crippen LogP contribution in [0.15, 0.2) is 59.5 Å². The van der Waals surface area contributed by atoms with E-state index in [0.29, 0.717) is 23.6 Å². The molecule has 0 aliphatic rings. The Morgan fingerprint density at radius 1 is 1.11 bits per heavy atom. The lowest BCUT2D eigenvalue weighted by molar-refractivity contribution is 0.0898. The number of sulfone groups is 1. The van der Waals surface area contributed by atoms with Gasteiger partial charge in [0.25, 0.3) is 5.91 Å². The summed E-state index contributed by atoms with van der Waals surface area (Å²) in [6, 6.07) is 15.0. The first kappa shape index (κ1) is 21.1. The molecule has 1 amide bonds. The number of rotatable bonds is 8. The summed E-state index contributed by atoms with van der Waals surface area (Å²) < 4.78 is 25.1. The van der Waals surface area contributed by atoms with Crippen LogP contribution in [0.3, 0.4) is 0 Å². The van der Waals surface area contributed by atoms with Gasteiger partial charge in [-0.2, -0.15) is 0 Å². The van der Waals surface area contributed by atoms with Gasteiger partial charge in [0, 0.05) is 17.6 Å². The highest BCUT2D eigenvalue weighted by Gasteiger charge is 2.26. The number of amides is 1. The van der Waals surface area contributed by atoms with E-state index in [1.165, 1.54) is 0 Å². The van der Waals surface area contributed by atoms with Crippen molar-refractivity contribution in [3.63, 3.8) is 0 Å². The maximum atomic E-state index is 12.7. The molecule has 0 aliphatic heterocycles. The van der Waals surface area contributed by atoms with E-state index < -0.39 is 15.4 Å². The van der Waals surface area contributed by atoms with E-state index in [9.17, 15) is 13.2 Å². The molecule has 5 nitrogen and oxygen atoms in total. The minimum atomic E-state index is -3.46. The maximum Gasteiger partial charge on any atom is 0.251 e. The van der Waals surface area contributed by atoms with E-state index in [2.05, 4.69) is 19.2 Å². The molecule has 3 N–H and O–H groups in total. The van der Waals surface area contributed by atoms with Crippen LogP contribution >= 0.6 is 0 Å². The number of carbonyl (C=O) groups is 1. The third kappa shape index (κ3) is 5.91. The highest BCUT2D eigenvalue weighted by molar-refractivity contribution is 7.90. The number of carbonyl (C=O) groups excluding carboxylic acids is 1. The predicted molar refractivity (Wildman–Crippen MR) is 108 cm³/mol. The van der Waals surface area contributed by atoms with Gasteiger partial charge in [-0.15, -0.1) is 0 Å². The summed E-state index contributed by atoms with van der Waals surface area (Å²) in [6.07, 6.45) is 0.761. The van der Waals surface area contributed by atoms with E-state index >= 15 is 0 Å². The highest BCUT2D eigenvalue weighted by atomic mass is 32.2. The molecule has 1 unspecified atom stereocenters. The molecule has 2 aromatic carbocycles. The second kappa shape index (κ2) is 8.67. The van der Waals surface area contributed by atoms with Crippen molar-refractivity contribution < 1.29 is 13.2 Å². The van der Waals surface area contributed by atoms with Gasteiger partial charge in [0.05, 0.1) is 10.6 Å². The molecule has 6 heteroatoms. The van der Waals surface area contributed by atoms with Crippen LogP contribution in [0.25, 0.3) is 0 Å². The molecule has 0 radical (unpaired) electrons. The zero-order chi connectivity index (χ0) is 20.1. The maximum absolute atomic E-state index is 12.7. The van der Waals surface area contributed by atoms with E-state index in [1.807, 2.05) is 6.92 Å². The summed E-state index contributed by atoms with van der Waals surface area (Å²) in [6.45, 7) is 6.41. The van der Waals surface area contributed by atoms with Crippen LogP contribution in [0, 0.1) is 5.92 Å². The Labute approximate surface area is 161 Å². The predicted octanol–water partition coefficient (Wildman–Crippen LogP) is 3.15. The lowest BCUT2D eigenvalue weighted by Crippen LogP contribution is -2.52. The number of benzene rings is 2. The van der Waals surface area contributed by atoms with Gasteiger partial charge in [-0.05, 0) is 49.1 Å². The summed E-state index contributed by atoms with van der Waals surface area (Å²) in [5.74, 6) is -0.0121. The monoisotopic (exact) mass is 388 g/mol. The molecule has 1 atom stereocenters. The van der Waals surface area contributed by atoms with Gasteiger partial charge < -0.3 is 11.1 Å². The Morgan fingerprint density at radius 3 is 2.37 bits per heavy atom. The van der Waals surface area contributed by atoms with E-state index in [-0.39, 0.29) is 16.6 Å². The highest BCUT2D eigenvalue weighted by Crippen LogP contribution is 2.19. The van der Waals surface area contributed by atoms with Crippen LogP contribution in [0.1, 0.15) is 43.1 Å². The molecule has 0 spiro atoms. The summed E-state index contributed by atoms with van der Waals surface area (Å²) in [5, 5.41) is 3.00. The van der Waals surface area contributed by atoms with Crippen LogP contribution in [-0.2, 0) is 15.6 Å². The van der Waals surface area contributed by atoms with E-state index in [4.69, 9.17) is 5.73 Å². The topological polar surface area (TPSA) is 89.3 Å². The van der Waals surface area contributed by atoms with Crippen LogP contribution < -0.4 is 11.1 Å². The largest absolute Gasteiger partial charge is 0.346 e. The van der Waals surface area contributed by atoms with Crippen molar-refractivity contribution in [2.75, 3.05) is 6.54 Å². The van der Waals surface area contributed by atoms with Crippen molar-refractivity contribution in [3.05, 3.63) is 65.7 Å². The number of nitrogens with two attached hydrogens (primary N) is 1. The minimum Gasteiger partial charge on any atom is -0.346 e. The van der Waals surface area contributed by atoms with Crippen LogP contribution in [-0.4, -0.2) is 26.4 Å². The molecule has 2 aromatic rings. The normalized spacial score (nSPS) is 14.0. The van der Waals surface area contributed by atoms with Gasteiger partial charge in [0.15, 0.2) is 9.84 Å². The van der Waals surface area contributed by atoms with Crippen molar-refractivity contribution in [1.82, 2.24) is 5.32 Å². The third-order valence-corrected chi connectivity index (χ3v) is 6.08. The molecule has 0 fully saturated rings. The van der Waals surface area contributed by atoms with Crippen molar-refractivity contribution in [2.45, 2.75) is 43.4 Å².